The minimum absolute atomic E-state index is 0.253. The summed E-state index contributed by atoms with van der Waals surface area (Å²) in [4.78, 5) is 32.9. The first-order valence-corrected chi connectivity index (χ1v) is 9.64. The van der Waals surface area contributed by atoms with Gasteiger partial charge >= 0.3 is 0 Å². The Morgan fingerprint density at radius 3 is 2.38 bits per heavy atom. The molecule has 0 aliphatic heterocycles. The Bertz CT molecular complexity index is 969. The molecule has 2 amide bonds. The molecular formula is C20H20N4O4S. The van der Waals surface area contributed by atoms with E-state index >= 15 is 0 Å². The van der Waals surface area contributed by atoms with E-state index in [-0.39, 0.29) is 17.5 Å². The van der Waals surface area contributed by atoms with Gasteiger partial charge in [0.2, 0.25) is 0 Å². The maximum atomic E-state index is 12.5. The maximum Gasteiger partial charge on any atom is 0.270 e. The molecule has 0 atom stereocenters. The van der Waals surface area contributed by atoms with Gasteiger partial charge < -0.3 is 14.8 Å². The van der Waals surface area contributed by atoms with E-state index in [0.29, 0.717) is 35.2 Å². The molecule has 29 heavy (non-hydrogen) atoms. The van der Waals surface area contributed by atoms with Gasteiger partial charge in [0.05, 0.1) is 14.2 Å². The highest BCUT2D eigenvalue weighted by molar-refractivity contribution is 7.14. The number of thiazole rings is 1. The fourth-order valence-electron chi connectivity index (χ4n) is 2.50. The fourth-order valence-corrected chi connectivity index (χ4v) is 3.19. The lowest BCUT2D eigenvalue weighted by Gasteiger charge is -2.08. The predicted molar refractivity (Wildman–Crippen MR) is 110 cm³/mol. The molecule has 2 N–H and O–H groups in total. The Hall–Kier alpha value is -3.46. The van der Waals surface area contributed by atoms with Crippen LogP contribution in [-0.2, 0) is 6.42 Å². The molecule has 0 bridgehead atoms. The fraction of sp³-hybridized carbons (Fsp3) is 0.200. The van der Waals surface area contributed by atoms with E-state index in [2.05, 4.69) is 20.6 Å². The van der Waals surface area contributed by atoms with Crippen LogP contribution in [-0.4, -0.2) is 42.5 Å². The first-order chi connectivity index (χ1) is 14.1. The highest BCUT2D eigenvalue weighted by Crippen LogP contribution is 2.24. The van der Waals surface area contributed by atoms with Crippen molar-refractivity contribution in [1.29, 1.82) is 0 Å². The summed E-state index contributed by atoms with van der Waals surface area (Å²) in [5, 5.41) is 7.43. The Kier molecular flexibility index (Phi) is 6.75. The van der Waals surface area contributed by atoms with Crippen LogP contribution >= 0.6 is 11.3 Å². The van der Waals surface area contributed by atoms with Crippen molar-refractivity contribution in [3.05, 3.63) is 64.9 Å². The van der Waals surface area contributed by atoms with E-state index in [1.165, 1.54) is 25.6 Å². The van der Waals surface area contributed by atoms with Gasteiger partial charge in [0.1, 0.15) is 17.2 Å². The maximum absolute atomic E-state index is 12.5. The lowest BCUT2D eigenvalue weighted by molar-refractivity contribution is 0.0948. The Labute approximate surface area is 171 Å². The number of hydrogen-bond acceptors (Lipinski definition) is 7. The van der Waals surface area contributed by atoms with Crippen LogP contribution in [0.5, 0.6) is 11.5 Å². The number of anilines is 1. The molecule has 1 aromatic carbocycles. The zero-order valence-corrected chi connectivity index (χ0v) is 16.8. The molecule has 0 aliphatic carbocycles. The van der Waals surface area contributed by atoms with Crippen LogP contribution < -0.4 is 20.1 Å². The monoisotopic (exact) mass is 412 g/mol. The van der Waals surface area contributed by atoms with Crippen molar-refractivity contribution in [2.75, 3.05) is 26.1 Å². The molecule has 9 heteroatoms. The smallest absolute Gasteiger partial charge is 0.270 e. The molecule has 3 rings (SSSR count). The van der Waals surface area contributed by atoms with Gasteiger partial charge in [-0.3, -0.25) is 19.9 Å². The molecule has 0 spiro atoms. The van der Waals surface area contributed by atoms with Crippen molar-refractivity contribution < 1.29 is 19.1 Å². The molecule has 0 radical (unpaired) electrons. The Balaban J connectivity index is 1.58. The second-order valence-corrected chi connectivity index (χ2v) is 6.81. The predicted octanol–water partition coefficient (Wildman–Crippen LogP) is 2.78. The van der Waals surface area contributed by atoms with Crippen molar-refractivity contribution in [1.82, 2.24) is 15.3 Å². The van der Waals surface area contributed by atoms with E-state index in [4.69, 9.17) is 9.47 Å². The van der Waals surface area contributed by atoms with Gasteiger partial charge in [-0.1, -0.05) is 0 Å². The highest BCUT2D eigenvalue weighted by atomic mass is 32.1. The summed E-state index contributed by atoms with van der Waals surface area (Å²) in [5.74, 6) is 0.339. The van der Waals surface area contributed by atoms with E-state index < -0.39 is 0 Å². The molecule has 8 nitrogen and oxygen atoms in total. The van der Waals surface area contributed by atoms with Gasteiger partial charge in [-0.05, 0) is 36.2 Å². The largest absolute Gasteiger partial charge is 0.497 e. The number of pyridine rings is 1. The van der Waals surface area contributed by atoms with Gasteiger partial charge in [0.15, 0.2) is 5.13 Å². The number of rotatable bonds is 8. The first-order valence-electron chi connectivity index (χ1n) is 8.76. The van der Waals surface area contributed by atoms with Crippen molar-refractivity contribution in [2.24, 2.45) is 0 Å². The SMILES string of the molecule is COc1cc(OC)cc(C(=O)Nc2nc(C(=O)NCCc3ccncc3)cs2)c1. The molecule has 150 valence electrons. The van der Waals surface area contributed by atoms with Crippen LogP contribution in [0, 0.1) is 0 Å². The number of nitrogens with one attached hydrogen (secondary N) is 2. The van der Waals surface area contributed by atoms with Gasteiger partial charge in [-0.2, -0.15) is 0 Å². The lowest BCUT2D eigenvalue weighted by atomic mass is 10.2. The van der Waals surface area contributed by atoms with Crippen LogP contribution in [0.25, 0.3) is 0 Å². The summed E-state index contributed by atoms with van der Waals surface area (Å²) in [6.45, 7) is 0.478. The number of methoxy groups -OCH3 is 2. The van der Waals surface area contributed by atoms with Gasteiger partial charge in [0.25, 0.3) is 11.8 Å². The normalized spacial score (nSPS) is 10.3. The van der Waals surface area contributed by atoms with Crippen LogP contribution in [0.1, 0.15) is 26.4 Å². The third-order valence-electron chi connectivity index (χ3n) is 4.02. The van der Waals surface area contributed by atoms with Crippen molar-refractivity contribution in [3.8, 4) is 11.5 Å². The molecule has 2 aromatic heterocycles. The average molecular weight is 412 g/mol. The molecular weight excluding hydrogens is 392 g/mol. The van der Waals surface area contributed by atoms with Crippen LogP contribution in [0.4, 0.5) is 5.13 Å². The topological polar surface area (TPSA) is 102 Å². The second kappa shape index (κ2) is 9.65. The number of carbonyl (C=O) groups excluding carboxylic acids is 2. The molecule has 0 saturated heterocycles. The van der Waals surface area contributed by atoms with Gasteiger partial charge in [-0.15, -0.1) is 11.3 Å². The minimum atomic E-state index is -0.374. The van der Waals surface area contributed by atoms with E-state index in [0.717, 1.165) is 5.56 Å². The van der Waals surface area contributed by atoms with Gasteiger partial charge in [0, 0.05) is 35.9 Å². The van der Waals surface area contributed by atoms with Crippen LogP contribution in [0.15, 0.2) is 48.1 Å². The number of aromatic nitrogens is 2. The Morgan fingerprint density at radius 2 is 1.72 bits per heavy atom. The highest BCUT2D eigenvalue weighted by Gasteiger charge is 2.14. The van der Waals surface area contributed by atoms with Crippen LogP contribution in [0.3, 0.4) is 0 Å². The summed E-state index contributed by atoms with van der Waals surface area (Å²) in [5.41, 5.74) is 1.70. The summed E-state index contributed by atoms with van der Waals surface area (Å²) in [6, 6.07) is 8.66. The molecule has 0 aliphatic rings. The Morgan fingerprint density at radius 1 is 1.03 bits per heavy atom. The standard InChI is InChI=1S/C20H20N4O4S/c1-27-15-9-14(10-16(11-15)28-2)18(25)24-20-23-17(12-29-20)19(26)22-8-5-13-3-6-21-7-4-13/h3-4,6-7,9-12H,5,8H2,1-2H3,(H,22,26)(H,23,24,25). The van der Waals surface area contributed by atoms with Crippen molar-refractivity contribution in [3.63, 3.8) is 0 Å². The first kappa shape index (κ1) is 20.3. The third kappa shape index (κ3) is 5.52. The van der Waals surface area contributed by atoms with Crippen molar-refractivity contribution >= 4 is 28.3 Å². The van der Waals surface area contributed by atoms with E-state index in [1.54, 1.807) is 36.0 Å². The number of nitrogens with zero attached hydrogens (tertiary/aromatic N) is 2. The summed E-state index contributed by atoms with van der Waals surface area (Å²) >= 11 is 1.18. The molecule has 3 aromatic rings. The molecule has 2 heterocycles. The van der Waals surface area contributed by atoms with Gasteiger partial charge in [-0.25, -0.2) is 4.98 Å². The quantitative estimate of drug-likeness (QED) is 0.590. The third-order valence-corrected chi connectivity index (χ3v) is 4.78. The number of carbonyl (C=O) groups is 2. The second-order valence-electron chi connectivity index (χ2n) is 5.95. The number of hydrogen-bond donors (Lipinski definition) is 2. The number of ether oxygens (including phenoxy) is 2. The number of amides is 2. The molecule has 0 unspecified atom stereocenters. The van der Waals surface area contributed by atoms with E-state index in [1.807, 2.05) is 12.1 Å². The average Bonchev–Trinajstić information content (AvgIpc) is 3.22. The molecule has 0 fully saturated rings. The minimum Gasteiger partial charge on any atom is -0.497 e. The zero-order valence-electron chi connectivity index (χ0n) is 16.0. The summed E-state index contributed by atoms with van der Waals surface area (Å²) < 4.78 is 10.3. The number of benzene rings is 1. The zero-order chi connectivity index (χ0) is 20.6. The summed E-state index contributed by atoms with van der Waals surface area (Å²) in [6.07, 6.45) is 4.12. The lowest BCUT2D eigenvalue weighted by Crippen LogP contribution is -2.26. The van der Waals surface area contributed by atoms with E-state index in [9.17, 15) is 9.59 Å². The van der Waals surface area contributed by atoms with Crippen LogP contribution in [0.2, 0.25) is 0 Å². The van der Waals surface area contributed by atoms with Crippen molar-refractivity contribution in [2.45, 2.75) is 6.42 Å². The summed E-state index contributed by atoms with van der Waals surface area (Å²) in [7, 11) is 3.02. The molecule has 0 saturated carbocycles.